The van der Waals surface area contributed by atoms with Gasteiger partial charge in [-0.05, 0) is 0 Å². The number of nitrogens with two attached hydrogens (primary N) is 1. The number of rotatable bonds is 8. The third-order valence-electron chi connectivity index (χ3n) is 2.20. The molecule has 0 bridgehead atoms. The molecule has 0 aliphatic carbocycles. The van der Waals surface area contributed by atoms with Gasteiger partial charge in [0.05, 0.1) is 6.61 Å². The van der Waals surface area contributed by atoms with E-state index in [9.17, 15) is 4.79 Å². The Kier molecular flexibility index (Phi) is 8.27. The van der Waals surface area contributed by atoms with Gasteiger partial charge in [-0.3, -0.25) is 9.69 Å². The Hall–Kier alpha value is -0.650. The van der Waals surface area contributed by atoms with E-state index in [0.717, 1.165) is 19.6 Å². The van der Waals surface area contributed by atoms with Crippen LogP contribution in [-0.4, -0.2) is 69.7 Å². The summed E-state index contributed by atoms with van der Waals surface area (Å²) >= 11 is 0. The molecule has 0 aliphatic rings. The third kappa shape index (κ3) is 7.30. The van der Waals surface area contributed by atoms with Crippen LogP contribution in [0.1, 0.15) is 6.42 Å². The maximum Gasteiger partial charge on any atom is 0.223 e. The Morgan fingerprint density at radius 3 is 2.40 bits per heavy atom. The first-order valence-corrected chi connectivity index (χ1v) is 5.23. The summed E-state index contributed by atoms with van der Waals surface area (Å²) in [6.07, 6.45) is 0.538. The molecule has 90 valence electrons. The van der Waals surface area contributed by atoms with E-state index in [1.807, 2.05) is 0 Å². The Morgan fingerprint density at radius 2 is 1.93 bits per heavy atom. The predicted octanol–water partition coefficient (Wildman–Crippen LogP) is -0.628. The fourth-order valence-electron chi connectivity index (χ4n) is 1.22. The lowest BCUT2D eigenvalue weighted by atomic mass is 10.3. The van der Waals surface area contributed by atoms with E-state index in [1.165, 1.54) is 0 Å². The summed E-state index contributed by atoms with van der Waals surface area (Å²) in [5.74, 6) is 0.148. The highest BCUT2D eigenvalue weighted by atomic mass is 16.5. The third-order valence-corrected chi connectivity index (χ3v) is 2.20. The van der Waals surface area contributed by atoms with Crippen LogP contribution in [0.15, 0.2) is 0 Å². The van der Waals surface area contributed by atoms with Crippen molar-refractivity contribution in [2.24, 2.45) is 5.73 Å². The van der Waals surface area contributed by atoms with E-state index in [2.05, 4.69) is 4.90 Å². The topological polar surface area (TPSA) is 58.8 Å². The van der Waals surface area contributed by atoms with Crippen LogP contribution in [0.25, 0.3) is 0 Å². The van der Waals surface area contributed by atoms with Crippen molar-refractivity contribution in [1.29, 1.82) is 0 Å². The van der Waals surface area contributed by atoms with Crippen LogP contribution in [0, 0.1) is 0 Å². The highest BCUT2D eigenvalue weighted by Crippen LogP contribution is 1.94. The molecule has 0 aromatic carbocycles. The second-order valence-electron chi connectivity index (χ2n) is 3.66. The van der Waals surface area contributed by atoms with Crippen molar-refractivity contribution in [2.45, 2.75) is 6.42 Å². The standard InChI is InChI=1S/C10H23N3O2/c1-12(2)10(14)4-6-13(7-5-11)8-9-15-3/h4-9,11H2,1-3H3. The summed E-state index contributed by atoms with van der Waals surface area (Å²) in [6.45, 7) is 3.67. The smallest absolute Gasteiger partial charge is 0.223 e. The molecule has 0 atom stereocenters. The van der Waals surface area contributed by atoms with Crippen molar-refractivity contribution >= 4 is 5.91 Å². The molecule has 0 unspecified atom stereocenters. The van der Waals surface area contributed by atoms with Gasteiger partial charge >= 0.3 is 0 Å². The van der Waals surface area contributed by atoms with Gasteiger partial charge in [-0.15, -0.1) is 0 Å². The molecule has 0 aromatic rings. The number of nitrogens with zero attached hydrogens (tertiary/aromatic N) is 2. The van der Waals surface area contributed by atoms with Gasteiger partial charge in [0.2, 0.25) is 5.91 Å². The molecule has 0 fully saturated rings. The van der Waals surface area contributed by atoms with E-state index in [-0.39, 0.29) is 5.91 Å². The van der Waals surface area contributed by atoms with Crippen LogP contribution < -0.4 is 5.73 Å². The first kappa shape index (κ1) is 14.3. The Bertz CT molecular complexity index is 174. The van der Waals surface area contributed by atoms with E-state index in [1.54, 1.807) is 26.1 Å². The lowest BCUT2D eigenvalue weighted by Gasteiger charge is -2.21. The lowest BCUT2D eigenvalue weighted by molar-refractivity contribution is -0.129. The van der Waals surface area contributed by atoms with Crippen molar-refractivity contribution in [2.75, 3.05) is 54.0 Å². The molecule has 15 heavy (non-hydrogen) atoms. The molecular weight excluding hydrogens is 194 g/mol. The Balaban J connectivity index is 3.78. The fourth-order valence-corrected chi connectivity index (χ4v) is 1.22. The average molecular weight is 217 g/mol. The van der Waals surface area contributed by atoms with Crippen LogP contribution in [0.4, 0.5) is 0 Å². The molecule has 0 aromatic heterocycles. The zero-order valence-electron chi connectivity index (χ0n) is 10.0. The van der Waals surface area contributed by atoms with Crippen molar-refractivity contribution in [1.82, 2.24) is 9.80 Å². The van der Waals surface area contributed by atoms with Gasteiger partial charge < -0.3 is 15.4 Å². The molecule has 0 heterocycles. The summed E-state index contributed by atoms with van der Waals surface area (Å²) in [6, 6.07) is 0. The quantitative estimate of drug-likeness (QED) is 0.588. The molecule has 5 heteroatoms. The molecule has 0 aliphatic heterocycles. The molecule has 0 saturated carbocycles. The van der Waals surface area contributed by atoms with Crippen LogP contribution in [-0.2, 0) is 9.53 Å². The molecule has 0 radical (unpaired) electrons. The average Bonchev–Trinajstić information content (AvgIpc) is 2.21. The maximum absolute atomic E-state index is 11.4. The van der Waals surface area contributed by atoms with E-state index in [4.69, 9.17) is 10.5 Å². The first-order valence-electron chi connectivity index (χ1n) is 5.23. The molecule has 0 spiro atoms. The van der Waals surface area contributed by atoms with Gasteiger partial charge in [0, 0.05) is 53.8 Å². The highest BCUT2D eigenvalue weighted by molar-refractivity contribution is 5.75. The van der Waals surface area contributed by atoms with E-state index < -0.39 is 0 Å². The molecule has 5 nitrogen and oxygen atoms in total. The minimum Gasteiger partial charge on any atom is -0.383 e. The summed E-state index contributed by atoms with van der Waals surface area (Å²) in [7, 11) is 5.21. The normalized spacial score (nSPS) is 10.7. The largest absolute Gasteiger partial charge is 0.383 e. The fraction of sp³-hybridized carbons (Fsp3) is 0.900. The highest BCUT2D eigenvalue weighted by Gasteiger charge is 2.08. The number of hydrogen-bond donors (Lipinski definition) is 1. The summed E-state index contributed by atoms with van der Waals surface area (Å²) in [5.41, 5.74) is 5.49. The van der Waals surface area contributed by atoms with Crippen LogP contribution in [0.2, 0.25) is 0 Å². The van der Waals surface area contributed by atoms with Crippen molar-refractivity contribution in [3.63, 3.8) is 0 Å². The van der Waals surface area contributed by atoms with Crippen molar-refractivity contribution in [3.8, 4) is 0 Å². The predicted molar refractivity (Wildman–Crippen MR) is 60.7 cm³/mol. The number of carbonyl (C=O) groups is 1. The first-order chi connectivity index (χ1) is 7.11. The molecular formula is C10H23N3O2. The SMILES string of the molecule is COCCN(CCN)CCC(=O)N(C)C. The second-order valence-corrected chi connectivity index (χ2v) is 3.66. The Labute approximate surface area is 92.2 Å². The van der Waals surface area contributed by atoms with Gasteiger partial charge in [0.25, 0.3) is 0 Å². The minimum absolute atomic E-state index is 0.148. The van der Waals surface area contributed by atoms with Gasteiger partial charge in [0.15, 0.2) is 0 Å². The molecule has 2 N–H and O–H groups in total. The zero-order valence-corrected chi connectivity index (χ0v) is 10.0. The number of hydrogen-bond acceptors (Lipinski definition) is 4. The van der Waals surface area contributed by atoms with Crippen LogP contribution in [0.3, 0.4) is 0 Å². The van der Waals surface area contributed by atoms with E-state index >= 15 is 0 Å². The van der Waals surface area contributed by atoms with Crippen molar-refractivity contribution in [3.05, 3.63) is 0 Å². The lowest BCUT2D eigenvalue weighted by Crippen LogP contribution is -2.35. The Morgan fingerprint density at radius 1 is 1.27 bits per heavy atom. The number of ether oxygens (including phenoxy) is 1. The maximum atomic E-state index is 11.4. The van der Waals surface area contributed by atoms with Gasteiger partial charge in [0.1, 0.15) is 0 Å². The molecule has 0 rings (SSSR count). The summed E-state index contributed by atoms with van der Waals surface area (Å²) < 4.78 is 5.00. The van der Waals surface area contributed by atoms with Gasteiger partial charge in [-0.1, -0.05) is 0 Å². The number of methoxy groups -OCH3 is 1. The number of carbonyl (C=O) groups excluding carboxylic acids is 1. The number of amides is 1. The zero-order chi connectivity index (χ0) is 11.7. The summed E-state index contributed by atoms with van der Waals surface area (Å²) in [4.78, 5) is 15.1. The van der Waals surface area contributed by atoms with Gasteiger partial charge in [-0.2, -0.15) is 0 Å². The summed E-state index contributed by atoms with van der Waals surface area (Å²) in [5, 5.41) is 0. The molecule has 0 saturated heterocycles. The van der Waals surface area contributed by atoms with Crippen LogP contribution in [0.5, 0.6) is 0 Å². The minimum atomic E-state index is 0.148. The van der Waals surface area contributed by atoms with Gasteiger partial charge in [-0.25, -0.2) is 0 Å². The van der Waals surface area contributed by atoms with E-state index in [0.29, 0.717) is 19.6 Å². The molecule has 1 amide bonds. The second kappa shape index (κ2) is 8.64. The van der Waals surface area contributed by atoms with Crippen LogP contribution >= 0.6 is 0 Å². The van der Waals surface area contributed by atoms with Crippen molar-refractivity contribution < 1.29 is 9.53 Å². The monoisotopic (exact) mass is 217 g/mol.